The van der Waals surface area contributed by atoms with Crippen molar-refractivity contribution in [2.24, 2.45) is 0 Å². The van der Waals surface area contributed by atoms with Crippen molar-refractivity contribution in [3.05, 3.63) is 95.1 Å². The molecule has 0 spiro atoms. The molecule has 1 unspecified atom stereocenters. The molecule has 1 amide bonds. The first-order valence-corrected chi connectivity index (χ1v) is 16.3. The number of carbonyl (C=O) groups excluding carboxylic acids is 2. The normalized spacial score (nSPS) is 17.2. The van der Waals surface area contributed by atoms with Gasteiger partial charge in [0.05, 0.1) is 18.2 Å². The largest absolute Gasteiger partial charge is 0.507 e. The van der Waals surface area contributed by atoms with Gasteiger partial charge in [0.1, 0.15) is 24.7 Å². The molecule has 0 aliphatic carbocycles. The van der Waals surface area contributed by atoms with Gasteiger partial charge in [-0.15, -0.1) is 10.2 Å². The second kappa shape index (κ2) is 13.5. The van der Waals surface area contributed by atoms with E-state index in [-0.39, 0.29) is 16.5 Å². The van der Waals surface area contributed by atoms with Crippen molar-refractivity contribution in [3.8, 4) is 17.2 Å². The molecule has 44 heavy (non-hydrogen) atoms. The maximum Gasteiger partial charge on any atom is 0.301 e. The van der Waals surface area contributed by atoms with Gasteiger partial charge in [-0.3, -0.25) is 14.5 Å². The number of benzene rings is 3. The van der Waals surface area contributed by atoms with Crippen LogP contribution in [0.15, 0.2) is 82.7 Å². The van der Waals surface area contributed by atoms with Crippen molar-refractivity contribution in [2.45, 2.75) is 42.3 Å². The summed E-state index contributed by atoms with van der Waals surface area (Å²) in [5, 5.41) is 20.5. The molecule has 0 radical (unpaired) electrons. The fraction of sp³-hybridized carbons (Fsp3) is 0.273. The molecular weight excluding hydrogens is 599 g/mol. The van der Waals surface area contributed by atoms with Crippen LogP contribution in [0.4, 0.5) is 5.13 Å². The van der Waals surface area contributed by atoms with Crippen molar-refractivity contribution >= 4 is 45.7 Å². The lowest BCUT2D eigenvalue weighted by Gasteiger charge is -2.23. The Morgan fingerprint density at radius 3 is 2.64 bits per heavy atom. The highest BCUT2D eigenvalue weighted by Crippen LogP contribution is 2.45. The molecule has 1 saturated heterocycles. The van der Waals surface area contributed by atoms with Gasteiger partial charge in [0.15, 0.2) is 15.8 Å². The van der Waals surface area contributed by atoms with Crippen LogP contribution >= 0.6 is 23.1 Å². The topological polar surface area (TPSA) is 111 Å². The number of rotatable bonds is 11. The molecule has 2 aliphatic heterocycles. The highest BCUT2D eigenvalue weighted by atomic mass is 32.2. The van der Waals surface area contributed by atoms with Crippen molar-refractivity contribution in [2.75, 3.05) is 24.7 Å². The fourth-order valence-electron chi connectivity index (χ4n) is 5.09. The van der Waals surface area contributed by atoms with Gasteiger partial charge in [0.2, 0.25) is 5.13 Å². The summed E-state index contributed by atoms with van der Waals surface area (Å²) in [5.41, 5.74) is 2.01. The zero-order chi connectivity index (χ0) is 30.5. The summed E-state index contributed by atoms with van der Waals surface area (Å²) in [7, 11) is 0. The summed E-state index contributed by atoms with van der Waals surface area (Å²) in [5.74, 6) is 0.374. The molecule has 6 rings (SSSR count). The van der Waals surface area contributed by atoms with Crippen LogP contribution in [0.2, 0.25) is 0 Å². The lowest BCUT2D eigenvalue weighted by atomic mass is 9.95. The first kappa shape index (κ1) is 29.7. The number of hydrogen-bond donors (Lipinski definition) is 1. The Morgan fingerprint density at radius 1 is 1.00 bits per heavy atom. The minimum absolute atomic E-state index is 0.0523. The maximum atomic E-state index is 13.7. The summed E-state index contributed by atoms with van der Waals surface area (Å²) in [6.07, 6.45) is 3.04. The number of unbranched alkanes of at least 4 members (excludes halogenated alkanes) is 2. The van der Waals surface area contributed by atoms with E-state index in [4.69, 9.17) is 14.2 Å². The van der Waals surface area contributed by atoms with Gasteiger partial charge in [-0.05, 0) is 47.9 Å². The number of aliphatic hydroxyl groups is 1. The average molecular weight is 630 g/mol. The van der Waals surface area contributed by atoms with E-state index in [9.17, 15) is 14.7 Å². The molecule has 11 heteroatoms. The van der Waals surface area contributed by atoms with Gasteiger partial charge < -0.3 is 19.3 Å². The van der Waals surface area contributed by atoms with E-state index in [0.717, 1.165) is 24.8 Å². The molecule has 0 saturated carbocycles. The molecule has 0 bridgehead atoms. The van der Waals surface area contributed by atoms with Gasteiger partial charge in [0, 0.05) is 11.3 Å². The number of aliphatic hydroxyl groups excluding tert-OH is 1. The van der Waals surface area contributed by atoms with Crippen LogP contribution in [-0.2, 0) is 15.3 Å². The number of Topliss-reactive ketones (excluding diaryl/α,β-unsaturated/α-hetero) is 1. The van der Waals surface area contributed by atoms with Gasteiger partial charge in [-0.25, -0.2) is 0 Å². The van der Waals surface area contributed by atoms with E-state index in [2.05, 4.69) is 17.1 Å². The summed E-state index contributed by atoms with van der Waals surface area (Å²) < 4.78 is 18.0. The number of thioether (sulfide) groups is 1. The molecule has 1 fully saturated rings. The second-order valence-electron chi connectivity index (χ2n) is 10.3. The third-order valence-electron chi connectivity index (χ3n) is 7.26. The number of hydrogen-bond acceptors (Lipinski definition) is 10. The number of amides is 1. The van der Waals surface area contributed by atoms with Gasteiger partial charge in [-0.2, -0.15) is 0 Å². The van der Waals surface area contributed by atoms with Gasteiger partial charge in [0.25, 0.3) is 5.78 Å². The van der Waals surface area contributed by atoms with E-state index in [1.54, 1.807) is 24.3 Å². The van der Waals surface area contributed by atoms with E-state index in [1.165, 1.54) is 28.0 Å². The summed E-state index contributed by atoms with van der Waals surface area (Å²) in [4.78, 5) is 28.7. The molecule has 3 heterocycles. The number of aromatic nitrogens is 2. The third-order valence-corrected chi connectivity index (χ3v) is 9.38. The Labute approximate surface area is 263 Å². The minimum Gasteiger partial charge on any atom is -0.507 e. The van der Waals surface area contributed by atoms with E-state index in [1.807, 2.05) is 48.5 Å². The van der Waals surface area contributed by atoms with Crippen LogP contribution in [0.1, 0.15) is 48.9 Å². The third kappa shape index (κ3) is 6.29. The predicted octanol–water partition coefficient (Wildman–Crippen LogP) is 6.80. The Kier molecular flexibility index (Phi) is 9.13. The molecule has 3 aromatic carbocycles. The fourth-order valence-corrected chi connectivity index (χ4v) is 6.91. The Hall–Kier alpha value is -4.35. The first-order chi connectivity index (χ1) is 21.5. The average Bonchev–Trinajstić information content (AvgIpc) is 3.63. The maximum absolute atomic E-state index is 13.7. The number of fused-ring (bicyclic) bond motifs is 1. The van der Waals surface area contributed by atoms with E-state index in [0.29, 0.717) is 58.3 Å². The predicted molar refractivity (Wildman–Crippen MR) is 170 cm³/mol. The van der Waals surface area contributed by atoms with Crippen molar-refractivity contribution in [1.82, 2.24) is 10.2 Å². The molecule has 9 nitrogen and oxygen atoms in total. The summed E-state index contributed by atoms with van der Waals surface area (Å²) in [6, 6.07) is 21.2. The van der Waals surface area contributed by atoms with E-state index >= 15 is 0 Å². The Morgan fingerprint density at radius 2 is 1.82 bits per heavy atom. The SMILES string of the molecule is CCCCCOc1cccc(C2C(=C(O)c3ccc4c(c3)OCCO4)C(=O)C(=O)N2c2nnc(SCc3ccccc3)s2)c1. The van der Waals surface area contributed by atoms with Gasteiger partial charge in [-0.1, -0.05) is 85.3 Å². The molecule has 226 valence electrons. The first-order valence-electron chi connectivity index (χ1n) is 14.5. The highest BCUT2D eigenvalue weighted by Gasteiger charge is 2.48. The van der Waals surface area contributed by atoms with Crippen LogP contribution in [-0.4, -0.2) is 46.8 Å². The van der Waals surface area contributed by atoms with Crippen LogP contribution in [0.25, 0.3) is 5.76 Å². The number of ether oxygens (including phenoxy) is 3. The van der Waals surface area contributed by atoms with Gasteiger partial charge >= 0.3 is 5.91 Å². The van der Waals surface area contributed by atoms with Crippen LogP contribution in [0.3, 0.4) is 0 Å². The van der Waals surface area contributed by atoms with Crippen LogP contribution < -0.4 is 19.1 Å². The highest BCUT2D eigenvalue weighted by molar-refractivity contribution is 8.00. The lowest BCUT2D eigenvalue weighted by Crippen LogP contribution is -2.29. The quantitative estimate of drug-likeness (QED) is 0.0478. The number of anilines is 1. The molecule has 4 aromatic rings. The summed E-state index contributed by atoms with van der Waals surface area (Å²) in [6.45, 7) is 3.47. The van der Waals surface area contributed by atoms with Crippen LogP contribution in [0, 0.1) is 0 Å². The monoisotopic (exact) mass is 629 g/mol. The minimum atomic E-state index is -0.956. The van der Waals surface area contributed by atoms with Crippen molar-refractivity contribution < 1.29 is 28.9 Å². The zero-order valence-electron chi connectivity index (χ0n) is 24.1. The van der Waals surface area contributed by atoms with E-state index < -0.39 is 17.7 Å². The molecule has 1 aromatic heterocycles. The smallest absolute Gasteiger partial charge is 0.301 e. The lowest BCUT2D eigenvalue weighted by molar-refractivity contribution is -0.132. The standard InChI is InChI=1S/C33H31N3O6S2/c1-2-3-7-15-40-24-12-8-11-22(18-24)28-27(29(37)23-13-14-25-26(19-23)42-17-16-41-25)30(38)31(39)36(28)32-34-35-33(44-32)43-20-21-9-5-4-6-10-21/h4-6,8-14,18-19,28,37H,2-3,7,15-17,20H2,1H3. The van der Waals surface area contributed by atoms with Crippen LogP contribution in [0.5, 0.6) is 17.2 Å². The molecule has 1 N–H and O–H groups in total. The zero-order valence-corrected chi connectivity index (χ0v) is 25.7. The number of carbonyl (C=O) groups is 2. The number of nitrogens with zero attached hydrogens (tertiary/aromatic N) is 3. The Bertz CT molecular complexity index is 1690. The van der Waals surface area contributed by atoms with Crippen molar-refractivity contribution in [3.63, 3.8) is 0 Å². The van der Waals surface area contributed by atoms with Crippen molar-refractivity contribution in [1.29, 1.82) is 0 Å². The molecular formula is C33H31N3O6S2. The Balaban J connectivity index is 1.38. The second-order valence-corrected chi connectivity index (χ2v) is 12.5. The summed E-state index contributed by atoms with van der Waals surface area (Å²) >= 11 is 2.73. The molecule has 2 aliphatic rings. The number of ketones is 1. The molecule has 1 atom stereocenters.